The molecule has 0 saturated heterocycles. The zero-order valence-electron chi connectivity index (χ0n) is 39.5. The van der Waals surface area contributed by atoms with Crippen molar-refractivity contribution >= 4 is 29.8 Å². The molecule has 4 N–H and O–H groups in total. The summed E-state index contributed by atoms with van der Waals surface area (Å²) in [6.07, 6.45) is 1.28. The molecule has 7 rings (SSSR count). The van der Waals surface area contributed by atoms with Gasteiger partial charge in [-0.1, -0.05) is 146 Å². The molecule has 11 nitrogen and oxygen atoms in total. The molecule has 0 fully saturated rings. The van der Waals surface area contributed by atoms with Gasteiger partial charge < -0.3 is 39.5 Å². The average Bonchev–Trinajstić information content (AvgIpc) is 3.42. The minimum Gasteiger partial charge on any atom is -0.497 e. The number of amides is 3. The number of carbonyl (C=O) groups is 3. The van der Waals surface area contributed by atoms with Crippen LogP contribution in [0.25, 0.3) is 0 Å². The van der Waals surface area contributed by atoms with Gasteiger partial charge in [-0.2, -0.15) is 0 Å². The smallest absolute Gasteiger partial charge is 0.251 e. The van der Waals surface area contributed by atoms with Gasteiger partial charge in [-0.3, -0.25) is 14.4 Å². The van der Waals surface area contributed by atoms with Gasteiger partial charge in [0.05, 0.1) is 27.4 Å². The van der Waals surface area contributed by atoms with Gasteiger partial charge in [0, 0.05) is 55.0 Å². The molecule has 70 heavy (non-hydrogen) atoms. The predicted molar refractivity (Wildman–Crippen MR) is 275 cm³/mol. The van der Waals surface area contributed by atoms with E-state index in [1.54, 1.807) is 14.2 Å². The molecule has 0 radical (unpaired) electrons. The van der Waals surface area contributed by atoms with Gasteiger partial charge in [-0.05, 0) is 95.1 Å². The van der Waals surface area contributed by atoms with E-state index in [9.17, 15) is 19.5 Å². The minimum absolute atomic E-state index is 0.0965. The Morgan fingerprint density at radius 1 is 0.457 bits per heavy atom. The number of methoxy groups -OCH3 is 2. The minimum atomic E-state index is -1.02. The van der Waals surface area contributed by atoms with Gasteiger partial charge in [-0.15, -0.1) is 0 Å². The fourth-order valence-electron chi connectivity index (χ4n) is 8.31. The maximum atomic E-state index is 13.8. The van der Waals surface area contributed by atoms with Crippen molar-refractivity contribution in [3.63, 3.8) is 0 Å². The van der Waals surface area contributed by atoms with Gasteiger partial charge in [-0.25, -0.2) is 0 Å². The van der Waals surface area contributed by atoms with Crippen LogP contribution in [0.15, 0.2) is 188 Å². The van der Waals surface area contributed by atoms with E-state index in [0.717, 1.165) is 33.4 Å². The Bertz CT molecular complexity index is 2580. The molecule has 0 aliphatic carbocycles. The summed E-state index contributed by atoms with van der Waals surface area (Å²) in [6.45, 7) is 1.23. The quantitative estimate of drug-likeness (QED) is 0.0250. The molecule has 0 saturated carbocycles. The highest BCUT2D eigenvalue weighted by Gasteiger charge is 2.39. The second-order valence-electron chi connectivity index (χ2n) is 16.4. The molecule has 0 aromatic heterocycles. The normalized spacial score (nSPS) is 11.4. The maximum absolute atomic E-state index is 13.8. The van der Waals surface area contributed by atoms with Crippen molar-refractivity contribution in [3.05, 3.63) is 238 Å². The maximum Gasteiger partial charge on any atom is 0.251 e. The van der Waals surface area contributed by atoms with Crippen LogP contribution in [0.2, 0.25) is 0 Å². The summed E-state index contributed by atoms with van der Waals surface area (Å²) in [5.74, 6) is 0.0572. The first-order valence-electron chi connectivity index (χ1n) is 23.4. The number of carbonyl (C=O) groups excluding carboxylic acids is 3. The molecule has 0 spiro atoms. The van der Waals surface area contributed by atoms with E-state index >= 15 is 0 Å². The molecule has 7 aromatic rings. The van der Waals surface area contributed by atoms with Crippen molar-refractivity contribution in [1.29, 1.82) is 0 Å². The largest absolute Gasteiger partial charge is 0.497 e. The van der Waals surface area contributed by atoms with E-state index in [1.807, 2.05) is 133 Å². The summed E-state index contributed by atoms with van der Waals surface area (Å²) >= 11 is 1.38. The molecular weight excluding hydrogens is 899 g/mol. The van der Waals surface area contributed by atoms with Crippen molar-refractivity contribution in [2.24, 2.45) is 0 Å². The monoisotopic (exact) mass is 957 g/mol. The summed E-state index contributed by atoms with van der Waals surface area (Å²) in [4.78, 5) is 40.9. The van der Waals surface area contributed by atoms with Crippen LogP contribution in [0, 0.1) is 0 Å². The molecule has 3 amide bonds. The van der Waals surface area contributed by atoms with Crippen LogP contribution in [0.1, 0.15) is 83.7 Å². The Labute approximate surface area is 414 Å². The molecule has 0 aliphatic rings. The van der Waals surface area contributed by atoms with Gasteiger partial charge in [0.1, 0.15) is 21.8 Å². The Morgan fingerprint density at radius 3 is 1.17 bits per heavy atom. The topological polar surface area (TPSA) is 144 Å². The molecule has 0 heterocycles. The lowest BCUT2D eigenvalue weighted by Crippen LogP contribution is -2.34. The number of ether oxygens (including phenoxy) is 3. The third kappa shape index (κ3) is 12.3. The fourth-order valence-corrected chi connectivity index (χ4v) is 9.38. The van der Waals surface area contributed by atoms with E-state index in [4.69, 9.17) is 18.4 Å². The first-order valence-corrected chi connectivity index (χ1v) is 24.1. The van der Waals surface area contributed by atoms with Gasteiger partial charge >= 0.3 is 0 Å². The SMILES string of the molecule is COc1ccc(C(OCCCNC(=O)c2cc(C(=O)NCCCO)cc(C(=O)NCCCOSC(c3ccccc3)(c3ccccc3)c3ccccc3)c2)(c2ccccc2)c2ccc(OC)cc2)cc1. The Balaban J connectivity index is 1.02. The fraction of sp³-hybridized carbons (Fsp3) is 0.224. The van der Waals surface area contributed by atoms with Crippen molar-refractivity contribution in [2.45, 2.75) is 29.6 Å². The Kier molecular flexibility index (Phi) is 18.4. The molecule has 7 aromatic carbocycles. The van der Waals surface area contributed by atoms with E-state index < -0.39 is 28.1 Å². The molecule has 0 atom stereocenters. The summed E-state index contributed by atoms with van der Waals surface area (Å²) in [5, 5.41) is 18.0. The van der Waals surface area contributed by atoms with E-state index in [1.165, 1.54) is 30.2 Å². The average molecular weight is 958 g/mol. The van der Waals surface area contributed by atoms with Crippen molar-refractivity contribution in [2.75, 3.05) is 53.7 Å². The van der Waals surface area contributed by atoms with Gasteiger partial charge in [0.2, 0.25) is 0 Å². The van der Waals surface area contributed by atoms with Crippen LogP contribution >= 0.6 is 12.0 Å². The number of hydrogen-bond donors (Lipinski definition) is 4. The van der Waals surface area contributed by atoms with Crippen LogP contribution in [0.4, 0.5) is 0 Å². The standard InChI is InChI=1S/C58H59N3O8S/c1-66-52-30-26-47(27-31-52)57(46-18-7-3-8-19-46,48-28-32-53(67-2)33-29-48)68-38-16-35-60-55(64)44-40-43(54(63)59-34-15-37-62)41-45(42-44)56(65)61-36-17-39-69-70-58(49-20-9-4-10-21-49,50-22-11-5-12-23-50)51-24-13-6-14-25-51/h3-14,18-33,40-42,62H,15-17,34-39H2,1-2H3,(H,59,63)(H,60,64)(H,61,65). The lowest BCUT2D eigenvalue weighted by atomic mass is 9.80. The van der Waals surface area contributed by atoms with Crippen LogP contribution in [0.3, 0.4) is 0 Å². The second-order valence-corrected chi connectivity index (χ2v) is 17.4. The number of nitrogens with one attached hydrogen (secondary N) is 3. The summed E-state index contributed by atoms with van der Waals surface area (Å²) in [6, 6.07) is 60.7. The zero-order valence-corrected chi connectivity index (χ0v) is 40.3. The van der Waals surface area contributed by atoms with Gasteiger partial charge in [0.25, 0.3) is 17.7 Å². The number of rotatable bonds is 25. The van der Waals surface area contributed by atoms with E-state index in [-0.39, 0.29) is 49.5 Å². The zero-order chi connectivity index (χ0) is 49.0. The highest BCUT2D eigenvalue weighted by Crippen LogP contribution is 2.49. The second kappa shape index (κ2) is 25.4. The molecule has 0 unspecified atom stereocenters. The Morgan fingerprint density at radius 2 is 0.800 bits per heavy atom. The summed E-state index contributed by atoms with van der Waals surface area (Å²) in [5.41, 5.74) is 5.31. The van der Waals surface area contributed by atoms with Gasteiger partial charge in [0.15, 0.2) is 0 Å². The molecule has 0 bridgehead atoms. The summed E-state index contributed by atoms with van der Waals surface area (Å²) < 4.78 is 23.6. The molecule has 0 aliphatic heterocycles. The lowest BCUT2D eigenvalue weighted by molar-refractivity contribution is 0.0117. The third-order valence-corrected chi connectivity index (χ3v) is 13.1. The lowest BCUT2D eigenvalue weighted by Gasteiger charge is -2.36. The number of aliphatic hydroxyl groups excluding tert-OH is 1. The Hall–Kier alpha value is -7.22. The van der Waals surface area contributed by atoms with Crippen LogP contribution in [-0.2, 0) is 19.3 Å². The molecule has 12 heteroatoms. The molecule has 360 valence electrons. The number of benzene rings is 7. The number of aliphatic hydroxyl groups is 1. The first kappa shape index (κ1) is 50.7. The first-order chi connectivity index (χ1) is 34.3. The van der Waals surface area contributed by atoms with Crippen LogP contribution < -0.4 is 25.4 Å². The number of hydrogen-bond acceptors (Lipinski definition) is 9. The molecular formula is C58H59N3O8S. The van der Waals surface area contributed by atoms with Crippen LogP contribution in [0.5, 0.6) is 11.5 Å². The highest BCUT2D eigenvalue weighted by molar-refractivity contribution is 7.96. The van der Waals surface area contributed by atoms with E-state index in [0.29, 0.717) is 37.4 Å². The van der Waals surface area contributed by atoms with Crippen LogP contribution in [-0.4, -0.2) is 76.5 Å². The summed E-state index contributed by atoms with van der Waals surface area (Å²) in [7, 11) is 3.25. The van der Waals surface area contributed by atoms with E-state index in [2.05, 4.69) is 52.3 Å². The predicted octanol–water partition coefficient (Wildman–Crippen LogP) is 9.72. The third-order valence-electron chi connectivity index (χ3n) is 11.9. The van der Waals surface area contributed by atoms with Crippen molar-refractivity contribution < 1.29 is 37.9 Å². The van der Waals surface area contributed by atoms with Crippen molar-refractivity contribution in [1.82, 2.24) is 16.0 Å². The highest BCUT2D eigenvalue weighted by atomic mass is 32.2. The van der Waals surface area contributed by atoms with Crippen molar-refractivity contribution in [3.8, 4) is 11.5 Å².